The van der Waals surface area contributed by atoms with Crippen LogP contribution >= 0.6 is 0 Å². The van der Waals surface area contributed by atoms with Crippen molar-refractivity contribution in [3.63, 3.8) is 0 Å². The highest BCUT2D eigenvalue weighted by molar-refractivity contribution is 4.96. The maximum atomic E-state index is 3.79. The summed E-state index contributed by atoms with van der Waals surface area (Å²) in [4.78, 5) is 0. The molecular weight excluding hydrogens is 170 g/mol. The first kappa shape index (κ1) is 10.5. The maximum absolute atomic E-state index is 3.79. The fourth-order valence-electron chi connectivity index (χ4n) is 3.24. The standard InChI is InChI=1S/C13H25N/c1-10(2)13(3)8-11-6-4-5-7-12(11)9-14-13/h10-12,14H,4-9H2,1-3H3. The zero-order valence-electron chi connectivity index (χ0n) is 9.97. The van der Waals surface area contributed by atoms with E-state index < -0.39 is 0 Å². The van der Waals surface area contributed by atoms with Gasteiger partial charge in [0.05, 0.1) is 0 Å². The molecule has 0 spiro atoms. The van der Waals surface area contributed by atoms with Gasteiger partial charge in [-0.1, -0.05) is 33.1 Å². The van der Waals surface area contributed by atoms with E-state index in [1.54, 1.807) is 0 Å². The average Bonchev–Trinajstić information content (AvgIpc) is 2.17. The van der Waals surface area contributed by atoms with Crippen LogP contribution in [-0.4, -0.2) is 12.1 Å². The Hall–Kier alpha value is -0.0400. The number of hydrogen-bond donors (Lipinski definition) is 1. The van der Waals surface area contributed by atoms with Gasteiger partial charge < -0.3 is 5.32 Å². The van der Waals surface area contributed by atoms with E-state index >= 15 is 0 Å². The first-order chi connectivity index (χ1) is 6.62. The first-order valence-electron chi connectivity index (χ1n) is 6.37. The Morgan fingerprint density at radius 3 is 2.43 bits per heavy atom. The second-order valence-electron chi connectivity index (χ2n) is 5.96. The summed E-state index contributed by atoms with van der Waals surface area (Å²) in [6.07, 6.45) is 7.34. The molecule has 3 atom stereocenters. The molecule has 0 aromatic rings. The summed E-state index contributed by atoms with van der Waals surface area (Å²) < 4.78 is 0. The van der Waals surface area contributed by atoms with E-state index in [2.05, 4.69) is 26.1 Å². The topological polar surface area (TPSA) is 12.0 Å². The molecule has 2 fully saturated rings. The number of hydrogen-bond acceptors (Lipinski definition) is 1. The van der Waals surface area contributed by atoms with Crippen molar-refractivity contribution in [1.29, 1.82) is 0 Å². The molecule has 3 unspecified atom stereocenters. The van der Waals surface area contributed by atoms with Gasteiger partial charge in [0.25, 0.3) is 0 Å². The van der Waals surface area contributed by atoms with E-state index in [1.807, 2.05) is 0 Å². The van der Waals surface area contributed by atoms with E-state index in [1.165, 1.54) is 38.6 Å². The minimum absolute atomic E-state index is 0.415. The molecule has 1 aliphatic carbocycles. The summed E-state index contributed by atoms with van der Waals surface area (Å²) in [5.41, 5.74) is 0.415. The summed E-state index contributed by atoms with van der Waals surface area (Å²) >= 11 is 0. The monoisotopic (exact) mass is 195 g/mol. The van der Waals surface area contributed by atoms with Crippen LogP contribution in [0.2, 0.25) is 0 Å². The summed E-state index contributed by atoms with van der Waals surface area (Å²) in [5.74, 6) is 2.79. The Morgan fingerprint density at radius 2 is 1.79 bits per heavy atom. The van der Waals surface area contributed by atoms with Crippen LogP contribution in [0.4, 0.5) is 0 Å². The number of fused-ring (bicyclic) bond motifs is 1. The van der Waals surface area contributed by atoms with Crippen LogP contribution in [0, 0.1) is 17.8 Å². The van der Waals surface area contributed by atoms with Crippen LogP contribution in [0.5, 0.6) is 0 Å². The Balaban J connectivity index is 2.02. The van der Waals surface area contributed by atoms with Crippen LogP contribution in [-0.2, 0) is 0 Å². The Kier molecular flexibility index (Phi) is 2.88. The molecule has 0 aromatic carbocycles. The van der Waals surface area contributed by atoms with Crippen molar-refractivity contribution >= 4 is 0 Å². The lowest BCUT2D eigenvalue weighted by atomic mass is 9.67. The highest BCUT2D eigenvalue weighted by Crippen LogP contribution is 2.40. The predicted octanol–water partition coefficient (Wildman–Crippen LogP) is 3.20. The lowest BCUT2D eigenvalue weighted by molar-refractivity contribution is 0.0807. The second-order valence-corrected chi connectivity index (χ2v) is 5.96. The van der Waals surface area contributed by atoms with E-state index in [0.717, 1.165) is 17.8 Å². The van der Waals surface area contributed by atoms with Gasteiger partial charge in [0, 0.05) is 5.54 Å². The van der Waals surface area contributed by atoms with Crippen LogP contribution in [0.15, 0.2) is 0 Å². The molecule has 0 radical (unpaired) electrons. The highest BCUT2D eigenvalue weighted by Gasteiger charge is 2.39. The van der Waals surface area contributed by atoms with Crippen LogP contribution in [0.1, 0.15) is 52.9 Å². The second kappa shape index (κ2) is 3.84. The van der Waals surface area contributed by atoms with Crippen molar-refractivity contribution < 1.29 is 0 Å². The molecular formula is C13H25N. The summed E-state index contributed by atoms with van der Waals surface area (Å²) in [5, 5.41) is 3.79. The maximum Gasteiger partial charge on any atom is 0.0179 e. The SMILES string of the molecule is CC(C)C1(C)CC2CCCCC2CN1. The molecule has 82 valence electrons. The quantitative estimate of drug-likeness (QED) is 0.677. The van der Waals surface area contributed by atoms with Gasteiger partial charge >= 0.3 is 0 Å². The molecule has 1 N–H and O–H groups in total. The average molecular weight is 195 g/mol. The van der Waals surface area contributed by atoms with Crippen LogP contribution in [0.3, 0.4) is 0 Å². The lowest BCUT2D eigenvalue weighted by Gasteiger charge is -2.48. The normalized spacial score (nSPS) is 43.7. The smallest absolute Gasteiger partial charge is 0.0179 e. The molecule has 0 amide bonds. The molecule has 1 saturated carbocycles. The van der Waals surface area contributed by atoms with Gasteiger partial charge in [0.2, 0.25) is 0 Å². The molecule has 0 bridgehead atoms. The van der Waals surface area contributed by atoms with Gasteiger partial charge in [-0.25, -0.2) is 0 Å². The van der Waals surface area contributed by atoms with Crippen molar-refractivity contribution in [2.75, 3.05) is 6.54 Å². The highest BCUT2D eigenvalue weighted by atomic mass is 15.0. The lowest BCUT2D eigenvalue weighted by Crippen LogP contribution is -2.56. The van der Waals surface area contributed by atoms with Crippen LogP contribution < -0.4 is 5.32 Å². The first-order valence-corrected chi connectivity index (χ1v) is 6.37. The van der Waals surface area contributed by atoms with Gasteiger partial charge in [-0.15, -0.1) is 0 Å². The number of nitrogens with one attached hydrogen (secondary N) is 1. The minimum atomic E-state index is 0.415. The fraction of sp³-hybridized carbons (Fsp3) is 1.00. The zero-order chi connectivity index (χ0) is 10.2. The summed E-state index contributed by atoms with van der Waals surface area (Å²) in [6, 6.07) is 0. The third-order valence-electron chi connectivity index (χ3n) is 4.80. The molecule has 1 aliphatic heterocycles. The third kappa shape index (κ3) is 1.84. The van der Waals surface area contributed by atoms with E-state index in [9.17, 15) is 0 Å². The number of piperidine rings is 1. The van der Waals surface area contributed by atoms with E-state index in [0.29, 0.717) is 5.54 Å². The summed E-state index contributed by atoms with van der Waals surface area (Å²) in [6.45, 7) is 8.41. The molecule has 1 nitrogen and oxygen atoms in total. The predicted molar refractivity (Wildman–Crippen MR) is 61.3 cm³/mol. The summed E-state index contributed by atoms with van der Waals surface area (Å²) in [7, 11) is 0. The van der Waals surface area contributed by atoms with Crippen molar-refractivity contribution in [2.24, 2.45) is 17.8 Å². The van der Waals surface area contributed by atoms with Gasteiger partial charge in [-0.2, -0.15) is 0 Å². The molecule has 1 heterocycles. The van der Waals surface area contributed by atoms with Gasteiger partial charge in [0.15, 0.2) is 0 Å². The van der Waals surface area contributed by atoms with Crippen molar-refractivity contribution in [3.8, 4) is 0 Å². The van der Waals surface area contributed by atoms with E-state index in [-0.39, 0.29) is 0 Å². The molecule has 1 saturated heterocycles. The Labute approximate surface area is 88.7 Å². The van der Waals surface area contributed by atoms with Gasteiger partial charge in [-0.05, 0) is 44.1 Å². The Morgan fingerprint density at radius 1 is 1.14 bits per heavy atom. The number of rotatable bonds is 1. The minimum Gasteiger partial charge on any atom is -0.311 e. The molecule has 14 heavy (non-hydrogen) atoms. The van der Waals surface area contributed by atoms with E-state index in [4.69, 9.17) is 0 Å². The van der Waals surface area contributed by atoms with Gasteiger partial charge in [0.1, 0.15) is 0 Å². The molecule has 0 aromatic heterocycles. The molecule has 1 heteroatoms. The van der Waals surface area contributed by atoms with Crippen LogP contribution in [0.25, 0.3) is 0 Å². The molecule has 2 aliphatic rings. The van der Waals surface area contributed by atoms with Crippen molar-refractivity contribution in [3.05, 3.63) is 0 Å². The van der Waals surface area contributed by atoms with Gasteiger partial charge in [-0.3, -0.25) is 0 Å². The van der Waals surface area contributed by atoms with Crippen molar-refractivity contribution in [1.82, 2.24) is 5.32 Å². The fourth-order valence-corrected chi connectivity index (χ4v) is 3.24. The third-order valence-corrected chi connectivity index (χ3v) is 4.80. The van der Waals surface area contributed by atoms with Crippen molar-refractivity contribution in [2.45, 2.75) is 58.4 Å². The zero-order valence-corrected chi connectivity index (χ0v) is 9.97. The Bertz CT molecular complexity index is 199. The molecule has 2 rings (SSSR count). The largest absolute Gasteiger partial charge is 0.311 e.